The SMILES string of the molecule is CC(C)N1CC2N(C(C)C)C23CC13. The molecule has 1 spiro atoms. The molecule has 74 valence electrons. The molecule has 0 radical (unpaired) electrons. The van der Waals surface area contributed by atoms with Crippen molar-refractivity contribution < 1.29 is 0 Å². The summed E-state index contributed by atoms with van der Waals surface area (Å²) < 4.78 is 0. The quantitative estimate of drug-likeness (QED) is 0.591. The van der Waals surface area contributed by atoms with E-state index in [1.54, 1.807) is 0 Å². The lowest BCUT2D eigenvalue weighted by Gasteiger charge is -2.26. The molecule has 3 aliphatic rings. The van der Waals surface area contributed by atoms with Gasteiger partial charge in [0.1, 0.15) is 0 Å². The molecular formula is C11H20N2. The fourth-order valence-corrected chi connectivity index (χ4v) is 3.71. The van der Waals surface area contributed by atoms with Crippen LogP contribution in [0.15, 0.2) is 0 Å². The van der Waals surface area contributed by atoms with Crippen LogP contribution in [0.1, 0.15) is 34.1 Å². The van der Waals surface area contributed by atoms with E-state index in [0.29, 0.717) is 5.54 Å². The first kappa shape index (κ1) is 8.25. The van der Waals surface area contributed by atoms with Crippen LogP contribution in [0.4, 0.5) is 0 Å². The monoisotopic (exact) mass is 180 g/mol. The van der Waals surface area contributed by atoms with Gasteiger partial charge in [0, 0.05) is 30.7 Å². The number of nitrogens with zero attached hydrogens (tertiary/aromatic N) is 2. The van der Waals surface area contributed by atoms with Crippen molar-refractivity contribution in [3.05, 3.63) is 0 Å². The van der Waals surface area contributed by atoms with Crippen LogP contribution in [0.25, 0.3) is 0 Å². The van der Waals surface area contributed by atoms with Gasteiger partial charge in [0.25, 0.3) is 0 Å². The summed E-state index contributed by atoms with van der Waals surface area (Å²) in [5.74, 6) is 0. The second-order valence-electron chi connectivity index (χ2n) is 5.52. The summed E-state index contributed by atoms with van der Waals surface area (Å²) in [6.45, 7) is 10.7. The lowest BCUT2D eigenvalue weighted by atomic mass is 10.3. The van der Waals surface area contributed by atoms with E-state index in [2.05, 4.69) is 37.5 Å². The summed E-state index contributed by atoms with van der Waals surface area (Å²) in [5, 5.41) is 0. The summed E-state index contributed by atoms with van der Waals surface area (Å²) in [7, 11) is 0. The number of rotatable bonds is 2. The van der Waals surface area contributed by atoms with E-state index in [1.165, 1.54) is 13.0 Å². The molecule has 0 N–H and O–H groups in total. The molecule has 13 heavy (non-hydrogen) atoms. The molecular weight excluding hydrogens is 160 g/mol. The highest BCUT2D eigenvalue weighted by Crippen LogP contribution is 2.67. The van der Waals surface area contributed by atoms with Gasteiger partial charge >= 0.3 is 0 Å². The minimum atomic E-state index is 0.679. The minimum absolute atomic E-state index is 0.679. The highest BCUT2D eigenvalue weighted by Gasteiger charge is 2.83. The van der Waals surface area contributed by atoms with Crippen molar-refractivity contribution in [2.45, 2.75) is 63.8 Å². The van der Waals surface area contributed by atoms with Crippen LogP contribution in [0.5, 0.6) is 0 Å². The zero-order valence-electron chi connectivity index (χ0n) is 9.12. The fraction of sp³-hybridized carbons (Fsp3) is 1.00. The topological polar surface area (TPSA) is 6.25 Å². The van der Waals surface area contributed by atoms with Crippen molar-refractivity contribution in [3.8, 4) is 0 Å². The summed E-state index contributed by atoms with van der Waals surface area (Å²) >= 11 is 0. The van der Waals surface area contributed by atoms with E-state index in [4.69, 9.17) is 0 Å². The van der Waals surface area contributed by atoms with Crippen molar-refractivity contribution in [2.75, 3.05) is 6.54 Å². The van der Waals surface area contributed by atoms with Crippen LogP contribution in [-0.2, 0) is 0 Å². The molecule has 2 nitrogen and oxygen atoms in total. The molecule has 4 atom stereocenters. The van der Waals surface area contributed by atoms with Crippen LogP contribution < -0.4 is 0 Å². The predicted molar refractivity (Wildman–Crippen MR) is 53.7 cm³/mol. The summed E-state index contributed by atoms with van der Waals surface area (Å²) in [5.41, 5.74) is 0.679. The Morgan fingerprint density at radius 3 is 2.15 bits per heavy atom. The summed E-state index contributed by atoms with van der Waals surface area (Å²) in [6.07, 6.45) is 1.45. The molecule has 0 aromatic heterocycles. The Kier molecular flexibility index (Phi) is 1.34. The number of likely N-dealkylation sites (tertiary alicyclic amines) is 1. The normalized spacial score (nSPS) is 52.6. The second kappa shape index (κ2) is 2.12. The Balaban J connectivity index is 1.75. The lowest BCUT2D eigenvalue weighted by molar-refractivity contribution is 0.190. The van der Waals surface area contributed by atoms with Gasteiger partial charge in [-0.3, -0.25) is 9.80 Å². The van der Waals surface area contributed by atoms with Gasteiger partial charge in [-0.15, -0.1) is 0 Å². The van der Waals surface area contributed by atoms with Gasteiger partial charge < -0.3 is 0 Å². The first-order valence-electron chi connectivity index (χ1n) is 5.63. The van der Waals surface area contributed by atoms with Gasteiger partial charge in [0.05, 0.1) is 5.54 Å². The number of piperazine rings is 1. The van der Waals surface area contributed by atoms with Crippen molar-refractivity contribution in [2.24, 2.45) is 0 Å². The third-order valence-corrected chi connectivity index (χ3v) is 4.27. The first-order valence-corrected chi connectivity index (χ1v) is 5.63. The maximum Gasteiger partial charge on any atom is 0.0555 e. The van der Waals surface area contributed by atoms with Crippen LogP contribution >= 0.6 is 0 Å². The molecule has 1 aliphatic carbocycles. The molecule has 0 amide bonds. The maximum atomic E-state index is 2.73. The molecule has 0 bridgehead atoms. The number of hydrogen-bond acceptors (Lipinski definition) is 2. The highest BCUT2D eigenvalue weighted by molar-refractivity contribution is 5.40. The van der Waals surface area contributed by atoms with Crippen molar-refractivity contribution >= 4 is 0 Å². The Hall–Kier alpha value is -0.0800. The van der Waals surface area contributed by atoms with E-state index in [-0.39, 0.29) is 0 Å². The van der Waals surface area contributed by atoms with Gasteiger partial charge in [0.15, 0.2) is 0 Å². The predicted octanol–water partition coefficient (Wildman–Crippen LogP) is 1.31. The maximum absolute atomic E-state index is 2.73. The minimum Gasteiger partial charge on any atom is -0.294 e. The van der Waals surface area contributed by atoms with E-state index < -0.39 is 0 Å². The van der Waals surface area contributed by atoms with Crippen molar-refractivity contribution in [3.63, 3.8) is 0 Å². The standard InChI is InChI=1S/C11H20N2/c1-7(2)12-6-10-11(5-9(11)12)13(10)8(3)4/h7-10H,5-6H2,1-4H3. The van der Waals surface area contributed by atoms with Crippen molar-refractivity contribution in [1.29, 1.82) is 0 Å². The molecule has 3 rings (SSSR count). The second-order valence-corrected chi connectivity index (χ2v) is 5.52. The van der Waals surface area contributed by atoms with Gasteiger partial charge in [-0.1, -0.05) is 0 Å². The molecule has 0 aromatic carbocycles. The molecule has 2 heterocycles. The Morgan fingerprint density at radius 2 is 1.77 bits per heavy atom. The number of hydrogen-bond donors (Lipinski definition) is 0. The van der Waals surface area contributed by atoms with E-state index in [9.17, 15) is 0 Å². The van der Waals surface area contributed by atoms with Gasteiger partial charge in [-0.25, -0.2) is 0 Å². The first-order chi connectivity index (χ1) is 6.09. The van der Waals surface area contributed by atoms with Crippen LogP contribution in [0.3, 0.4) is 0 Å². The summed E-state index contributed by atoms with van der Waals surface area (Å²) in [4.78, 5) is 5.43. The summed E-state index contributed by atoms with van der Waals surface area (Å²) in [6, 6.07) is 3.36. The van der Waals surface area contributed by atoms with E-state index in [1.807, 2.05) is 0 Å². The lowest BCUT2D eigenvalue weighted by Crippen LogP contribution is -2.37. The van der Waals surface area contributed by atoms with Gasteiger partial charge in [-0.05, 0) is 34.1 Å². The molecule has 0 aromatic rings. The third-order valence-electron chi connectivity index (χ3n) is 4.27. The Bertz CT molecular complexity index is 234. The zero-order chi connectivity index (χ0) is 9.38. The van der Waals surface area contributed by atoms with Crippen molar-refractivity contribution in [1.82, 2.24) is 9.80 Å². The van der Waals surface area contributed by atoms with Gasteiger partial charge in [-0.2, -0.15) is 0 Å². The molecule has 1 saturated carbocycles. The molecule has 2 aliphatic heterocycles. The fourth-order valence-electron chi connectivity index (χ4n) is 3.71. The van der Waals surface area contributed by atoms with Crippen LogP contribution in [-0.4, -0.2) is 46.1 Å². The third kappa shape index (κ3) is 0.774. The molecule has 3 fully saturated rings. The van der Waals surface area contributed by atoms with Gasteiger partial charge in [0.2, 0.25) is 0 Å². The zero-order valence-corrected chi connectivity index (χ0v) is 9.12. The largest absolute Gasteiger partial charge is 0.294 e. The molecule has 4 unspecified atom stereocenters. The van der Waals surface area contributed by atoms with E-state index >= 15 is 0 Å². The Labute approximate surface area is 80.9 Å². The smallest absolute Gasteiger partial charge is 0.0555 e. The van der Waals surface area contributed by atoms with Crippen LogP contribution in [0.2, 0.25) is 0 Å². The Morgan fingerprint density at radius 1 is 1.08 bits per heavy atom. The molecule has 2 saturated heterocycles. The average Bonchev–Trinajstić information content (AvgIpc) is 2.86. The average molecular weight is 180 g/mol. The molecule has 2 heteroatoms. The van der Waals surface area contributed by atoms with Crippen LogP contribution in [0, 0.1) is 0 Å². The number of piperidine rings is 1. The highest BCUT2D eigenvalue weighted by atomic mass is 15.6. The van der Waals surface area contributed by atoms with E-state index in [0.717, 1.165) is 24.2 Å².